The van der Waals surface area contributed by atoms with E-state index in [2.05, 4.69) is 0 Å². The summed E-state index contributed by atoms with van der Waals surface area (Å²) in [5, 5.41) is 53.2. The van der Waals surface area contributed by atoms with E-state index in [0.717, 1.165) is 11.1 Å². The summed E-state index contributed by atoms with van der Waals surface area (Å²) >= 11 is 0. The number of ketones is 2. The van der Waals surface area contributed by atoms with Gasteiger partial charge in [0.25, 0.3) is 0 Å². The average Bonchev–Trinajstić information content (AvgIpc) is 3.12. The second-order valence-corrected chi connectivity index (χ2v) is 13.1. The number of hydrogen-bond donors (Lipinski definition) is 5. The standard InChI is InChI=1S/C40H36O11/c1-19-34(43)38(47)39(48)40(49-19)51-30-17-28-33(36(45)27(30)15-21-6-5-7-22(14-21)18-41)35(44)26-12-13-29(50-20(2)42)31(32(26)37(28)46)25-11-10-23-8-3-4-9-24(23)16-25/h3-9,12-14,16-17,19,34,38-41,43,45,47-48H,10-11,15,18H2,1-2H3/t19-,34+,38+,39+,40+/m0/s1. The highest BCUT2D eigenvalue weighted by Crippen LogP contribution is 2.46. The predicted molar refractivity (Wildman–Crippen MR) is 184 cm³/mol. The number of ether oxygens (including phenoxy) is 3. The van der Waals surface area contributed by atoms with Crippen molar-refractivity contribution in [1.29, 1.82) is 0 Å². The van der Waals surface area contributed by atoms with Crippen molar-refractivity contribution < 1.29 is 54.1 Å². The van der Waals surface area contributed by atoms with Crippen LogP contribution in [0.1, 0.15) is 85.5 Å². The summed E-state index contributed by atoms with van der Waals surface area (Å²) < 4.78 is 17.4. The lowest BCUT2D eigenvalue weighted by atomic mass is 9.77. The van der Waals surface area contributed by atoms with Crippen molar-refractivity contribution in [1.82, 2.24) is 0 Å². The Morgan fingerprint density at radius 1 is 0.824 bits per heavy atom. The van der Waals surface area contributed by atoms with Gasteiger partial charge >= 0.3 is 5.97 Å². The number of rotatable bonds is 7. The van der Waals surface area contributed by atoms with Crippen LogP contribution in [-0.2, 0) is 29.0 Å². The van der Waals surface area contributed by atoms with Crippen LogP contribution in [0.15, 0.2) is 66.7 Å². The van der Waals surface area contributed by atoms with Gasteiger partial charge in [-0.05, 0) is 65.8 Å². The molecule has 5 atom stereocenters. The van der Waals surface area contributed by atoms with Crippen molar-refractivity contribution >= 4 is 29.2 Å². The minimum atomic E-state index is -1.71. The van der Waals surface area contributed by atoms with Crippen LogP contribution in [0.4, 0.5) is 0 Å². The molecule has 0 bridgehead atoms. The lowest BCUT2D eigenvalue weighted by Crippen LogP contribution is -2.58. The van der Waals surface area contributed by atoms with E-state index in [0.29, 0.717) is 35.1 Å². The number of phenolic OH excluding ortho intramolecular Hbond substituents is 1. The normalized spacial score (nSPS) is 22.4. The summed E-state index contributed by atoms with van der Waals surface area (Å²) in [4.78, 5) is 41.3. The molecule has 7 rings (SSSR count). The van der Waals surface area contributed by atoms with E-state index in [1.165, 1.54) is 32.0 Å². The highest BCUT2D eigenvalue weighted by atomic mass is 16.7. The maximum Gasteiger partial charge on any atom is 0.308 e. The van der Waals surface area contributed by atoms with Crippen LogP contribution in [0.3, 0.4) is 0 Å². The minimum absolute atomic E-state index is 0.00625. The van der Waals surface area contributed by atoms with E-state index >= 15 is 0 Å². The van der Waals surface area contributed by atoms with Crippen molar-refractivity contribution in [2.45, 2.75) is 70.4 Å². The topological polar surface area (TPSA) is 180 Å². The predicted octanol–water partition coefficient (Wildman–Crippen LogP) is 3.87. The first-order valence-electron chi connectivity index (χ1n) is 16.6. The zero-order valence-corrected chi connectivity index (χ0v) is 27.8. The Morgan fingerprint density at radius 3 is 2.33 bits per heavy atom. The molecule has 1 aliphatic heterocycles. The van der Waals surface area contributed by atoms with Crippen molar-refractivity contribution in [3.05, 3.63) is 122 Å². The highest BCUT2D eigenvalue weighted by Gasteiger charge is 2.44. The number of fused-ring (bicyclic) bond motifs is 3. The largest absolute Gasteiger partial charge is 0.507 e. The zero-order valence-electron chi connectivity index (χ0n) is 27.8. The third-order valence-electron chi connectivity index (χ3n) is 9.71. The summed E-state index contributed by atoms with van der Waals surface area (Å²) in [5.41, 5.74) is 3.91. The van der Waals surface area contributed by atoms with Gasteiger partial charge < -0.3 is 39.7 Å². The second-order valence-electron chi connectivity index (χ2n) is 13.1. The molecule has 2 aliphatic carbocycles. The van der Waals surface area contributed by atoms with Crippen LogP contribution >= 0.6 is 0 Å². The molecule has 0 radical (unpaired) electrons. The molecule has 1 saturated heterocycles. The van der Waals surface area contributed by atoms with Gasteiger partial charge in [-0.2, -0.15) is 0 Å². The Kier molecular flexibility index (Phi) is 9.09. The number of benzene rings is 4. The van der Waals surface area contributed by atoms with Crippen LogP contribution in [-0.4, -0.2) is 73.8 Å². The molecule has 11 nitrogen and oxygen atoms in total. The molecule has 0 unspecified atom stereocenters. The van der Waals surface area contributed by atoms with Gasteiger partial charge in [-0.15, -0.1) is 0 Å². The van der Waals surface area contributed by atoms with Crippen LogP contribution in [0.5, 0.6) is 17.2 Å². The van der Waals surface area contributed by atoms with Gasteiger partial charge in [-0.1, -0.05) is 54.6 Å². The quantitative estimate of drug-likeness (QED) is 0.123. The summed E-state index contributed by atoms with van der Waals surface area (Å²) in [6.07, 6.45) is -4.20. The minimum Gasteiger partial charge on any atom is -0.507 e. The first-order valence-corrected chi connectivity index (χ1v) is 16.6. The fourth-order valence-corrected chi connectivity index (χ4v) is 7.11. The maximum atomic E-state index is 14.7. The van der Waals surface area contributed by atoms with Gasteiger partial charge in [0.2, 0.25) is 6.29 Å². The first-order chi connectivity index (χ1) is 24.5. The lowest BCUT2D eigenvalue weighted by Gasteiger charge is -2.39. The van der Waals surface area contributed by atoms with E-state index in [-0.39, 0.29) is 52.3 Å². The van der Waals surface area contributed by atoms with Crippen molar-refractivity contribution in [3.63, 3.8) is 0 Å². The number of aromatic hydroxyl groups is 1. The Labute approximate surface area is 293 Å². The molecule has 5 N–H and O–H groups in total. The molecule has 4 aromatic carbocycles. The zero-order chi connectivity index (χ0) is 36.1. The Morgan fingerprint density at radius 2 is 1.57 bits per heavy atom. The molecular formula is C40H36O11. The smallest absolute Gasteiger partial charge is 0.308 e. The number of carbonyl (C=O) groups is 3. The van der Waals surface area contributed by atoms with Crippen molar-refractivity contribution in [2.75, 3.05) is 0 Å². The van der Waals surface area contributed by atoms with Crippen LogP contribution in [0, 0.1) is 0 Å². The molecule has 262 valence electrons. The van der Waals surface area contributed by atoms with E-state index in [9.17, 15) is 39.9 Å². The molecule has 0 saturated carbocycles. The lowest BCUT2D eigenvalue weighted by molar-refractivity contribution is -0.268. The van der Waals surface area contributed by atoms with Gasteiger partial charge in [-0.25, -0.2) is 0 Å². The van der Waals surface area contributed by atoms with E-state index in [1.54, 1.807) is 24.3 Å². The number of esters is 1. The number of carbonyl (C=O) groups excluding carboxylic acids is 3. The molecule has 0 spiro atoms. The summed E-state index contributed by atoms with van der Waals surface area (Å²) in [6.45, 7) is 2.49. The van der Waals surface area contributed by atoms with Gasteiger partial charge in [0.15, 0.2) is 11.6 Å². The van der Waals surface area contributed by atoms with E-state index in [1.807, 2.05) is 30.3 Å². The average molecular weight is 693 g/mol. The SMILES string of the molecule is CC(=O)Oc1ccc2c(c1C1=Cc3ccccc3CC1)C(=O)c1cc(O[C@H]3O[C@@H](C)[C@@H](O)[C@@H](O)[C@H]3O)c(Cc3cccc(CO)c3)c(O)c1C2=O. The molecule has 0 amide bonds. The summed E-state index contributed by atoms with van der Waals surface area (Å²) in [6, 6.07) is 18.9. The third-order valence-corrected chi connectivity index (χ3v) is 9.71. The molecule has 11 heteroatoms. The Balaban J connectivity index is 1.41. The summed E-state index contributed by atoms with van der Waals surface area (Å²) in [5.74, 6) is -2.42. The molecule has 3 aliphatic rings. The van der Waals surface area contributed by atoms with Crippen LogP contribution in [0.25, 0.3) is 11.6 Å². The first kappa shape index (κ1) is 34.3. The van der Waals surface area contributed by atoms with Crippen molar-refractivity contribution in [2.24, 2.45) is 0 Å². The number of aryl methyl sites for hydroxylation is 1. The molecule has 1 fully saturated rings. The molecule has 51 heavy (non-hydrogen) atoms. The Bertz CT molecular complexity index is 2120. The number of aliphatic hydroxyl groups is 4. The monoisotopic (exact) mass is 692 g/mol. The number of hydrogen-bond acceptors (Lipinski definition) is 11. The van der Waals surface area contributed by atoms with Crippen LogP contribution in [0.2, 0.25) is 0 Å². The van der Waals surface area contributed by atoms with E-state index < -0.39 is 54.0 Å². The summed E-state index contributed by atoms with van der Waals surface area (Å²) in [7, 11) is 0. The third kappa shape index (κ3) is 6.13. The highest BCUT2D eigenvalue weighted by molar-refractivity contribution is 6.31. The molecular weight excluding hydrogens is 656 g/mol. The van der Waals surface area contributed by atoms with Gasteiger partial charge in [0.05, 0.1) is 18.3 Å². The Hall–Kier alpha value is -5.17. The number of aliphatic hydroxyl groups excluding tert-OH is 4. The van der Waals surface area contributed by atoms with E-state index in [4.69, 9.17) is 14.2 Å². The molecule has 4 aromatic rings. The number of phenols is 1. The van der Waals surface area contributed by atoms with Crippen LogP contribution < -0.4 is 9.47 Å². The van der Waals surface area contributed by atoms with Crippen molar-refractivity contribution in [3.8, 4) is 17.2 Å². The van der Waals surface area contributed by atoms with Gasteiger partial charge in [-0.3, -0.25) is 14.4 Å². The fraction of sp³-hybridized carbons (Fsp3) is 0.275. The second kappa shape index (κ2) is 13.5. The van der Waals surface area contributed by atoms with Gasteiger partial charge in [0, 0.05) is 41.2 Å². The van der Waals surface area contributed by atoms with Gasteiger partial charge in [0.1, 0.15) is 35.6 Å². The maximum absolute atomic E-state index is 14.7. The molecule has 1 heterocycles. The fourth-order valence-electron chi connectivity index (χ4n) is 7.11. The molecule has 0 aromatic heterocycles. The number of allylic oxidation sites excluding steroid dienone is 1.